The van der Waals surface area contributed by atoms with Gasteiger partial charge in [0.1, 0.15) is 11.5 Å². The maximum atomic E-state index is 14.1. The fraction of sp³-hybridized carbons (Fsp3) is 0.370. The number of aromatic hydroxyl groups is 1. The zero-order valence-corrected chi connectivity index (χ0v) is 33.5. The Morgan fingerprint density at radius 2 is 0.847 bits per heavy atom. The lowest BCUT2D eigenvalue weighted by molar-refractivity contribution is -0.00632. The zero-order chi connectivity index (χ0) is 39.6. The molecule has 0 atom stereocenters. The van der Waals surface area contributed by atoms with E-state index in [0.717, 1.165) is 110 Å². The molecule has 296 valence electrons. The van der Waals surface area contributed by atoms with E-state index in [1.165, 1.54) is 57.8 Å². The molecule has 14 rings (SSSR count). The summed E-state index contributed by atoms with van der Waals surface area (Å²) in [4.78, 5) is 25.7. The van der Waals surface area contributed by atoms with E-state index < -0.39 is 5.97 Å². The molecule has 0 aromatic heterocycles. The van der Waals surface area contributed by atoms with E-state index in [2.05, 4.69) is 54.6 Å². The SMILES string of the molecule is O=C(O)c1ccc2cc(-c3ccc(OC(=O)c4ccc5cc(-c6ccc(O)c(C78CC9CC(CC(C9)C7)C8)c6)ccc5c4)c(C45CC6CC(CC(C6)C4)C5)c3)ccc2c1. The topological polar surface area (TPSA) is 83.8 Å². The first-order valence-corrected chi connectivity index (χ1v) is 22.2. The molecule has 0 amide bonds. The van der Waals surface area contributed by atoms with Crippen LogP contribution in [0.5, 0.6) is 11.5 Å². The number of benzene rings is 6. The molecule has 8 saturated carbocycles. The van der Waals surface area contributed by atoms with Gasteiger partial charge >= 0.3 is 11.9 Å². The highest BCUT2D eigenvalue weighted by Crippen LogP contribution is 2.63. The summed E-state index contributed by atoms with van der Waals surface area (Å²) in [5.74, 6) is 4.47. The van der Waals surface area contributed by atoms with Crippen LogP contribution in [0.2, 0.25) is 0 Å². The lowest BCUT2D eigenvalue weighted by Crippen LogP contribution is -2.48. The maximum Gasteiger partial charge on any atom is 0.343 e. The van der Waals surface area contributed by atoms with Crippen LogP contribution in [0.25, 0.3) is 43.8 Å². The number of fused-ring (bicyclic) bond motifs is 2. The van der Waals surface area contributed by atoms with Crippen LogP contribution in [0.1, 0.15) is 109 Å². The van der Waals surface area contributed by atoms with Crippen LogP contribution in [0.15, 0.2) is 109 Å². The molecule has 0 unspecified atom stereocenters. The van der Waals surface area contributed by atoms with E-state index in [1.54, 1.807) is 12.1 Å². The molecule has 8 fully saturated rings. The largest absolute Gasteiger partial charge is 0.508 e. The third-order valence-electron chi connectivity index (χ3n) is 16.2. The molecule has 6 aromatic carbocycles. The Bertz CT molecular complexity index is 2670. The number of esters is 1. The highest BCUT2D eigenvalue weighted by molar-refractivity contribution is 5.98. The quantitative estimate of drug-likeness (QED) is 0.125. The second kappa shape index (κ2) is 13.0. The van der Waals surface area contributed by atoms with Crippen LogP contribution >= 0.6 is 0 Å². The lowest BCUT2D eigenvalue weighted by atomic mass is 9.48. The van der Waals surface area contributed by atoms with Gasteiger partial charge in [-0.2, -0.15) is 0 Å². The van der Waals surface area contributed by atoms with Gasteiger partial charge in [0.2, 0.25) is 0 Å². The zero-order valence-electron chi connectivity index (χ0n) is 33.5. The van der Waals surface area contributed by atoms with E-state index >= 15 is 0 Å². The van der Waals surface area contributed by atoms with Crippen molar-refractivity contribution in [2.75, 3.05) is 0 Å². The number of carboxylic acids is 1. The number of carbonyl (C=O) groups excluding carboxylic acids is 1. The Labute approximate surface area is 345 Å². The van der Waals surface area contributed by atoms with Gasteiger partial charge in [0.15, 0.2) is 0 Å². The summed E-state index contributed by atoms with van der Waals surface area (Å²) in [7, 11) is 0. The molecule has 8 aliphatic rings. The first-order chi connectivity index (χ1) is 28.6. The number of rotatable bonds is 7. The standard InChI is InChI=1S/C54H50O5/c55-49-11-9-43(23-47(49)53-25-31-13-32(26-53)15-33(14-31)27-53)39-2-4-42-22-46(8-6-38(42)20-39)52(58)59-50-12-10-44(40-1-3-41-21-45(51(56)57)7-5-37(41)19-40)24-48(50)54-28-34-16-35(29-54)18-36(17-34)30-54/h1-12,19-24,31-36,55H,13-18,25-30H2,(H,56,57). The van der Waals surface area contributed by atoms with Crippen LogP contribution in [0, 0.1) is 35.5 Å². The van der Waals surface area contributed by atoms with E-state index in [1.807, 2.05) is 42.5 Å². The summed E-state index contributed by atoms with van der Waals surface area (Å²) in [6.07, 6.45) is 15.2. The van der Waals surface area contributed by atoms with Crippen molar-refractivity contribution in [1.82, 2.24) is 0 Å². The van der Waals surface area contributed by atoms with Gasteiger partial charge in [-0.1, -0.05) is 48.5 Å². The average molecular weight is 779 g/mol. The minimum atomic E-state index is -0.926. The summed E-state index contributed by atoms with van der Waals surface area (Å²) < 4.78 is 6.47. The number of carbonyl (C=O) groups is 2. The van der Waals surface area contributed by atoms with E-state index in [-0.39, 0.29) is 22.4 Å². The Hall–Kier alpha value is -5.42. The first kappa shape index (κ1) is 35.5. The number of ether oxygens (including phenoxy) is 1. The molecular formula is C54H50O5. The van der Waals surface area contributed by atoms with Crippen LogP contribution in [-0.4, -0.2) is 22.2 Å². The summed E-state index contributed by atoms with van der Waals surface area (Å²) >= 11 is 0. The molecule has 0 radical (unpaired) electrons. The maximum absolute atomic E-state index is 14.1. The number of hydrogen-bond donors (Lipinski definition) is 2. The molecule has 8 bridgehead atoms. The lowest BCUT2D eigenvalue weighted by Gasteiger charge is -2.57. The molecule has 5 nitrogen and oxygen atoms in total. The number of phenols is 1. The Morgan fingerprint density at radius 3 is 1.37 bits per heavy atom. The minimum Gasteiger partial charge on any atom is -0.508 e. The molecule has 0 saturated heterocycles. The number of phenolic OH excluding ortho intramolecular Hbond substituents is 1. The van der Waals surface area contributed by atoms with Crippen molar-refractivity contribution in [3.8, 4) is 33.8 Å². The summed E-state index contributed by atoms with van der Waals surface area (Å²) in [6.45, 7) is 0. The number of carboxylic acid groups (broad SMARTS) is 1. The number of aromatic carboxylic acids is 1. The van der Waals surface area contributed by atoms with E-state index in [0.29, 0.717) is 17.1 Å². The molecule has 2 N–H and O–H groups in total. The molecular weight excluding hydrogens is 729 g/mol. The van der Waals surface area contributed by atoms with Crippen molar-refractivity contribution in [3.63, 3.8) is 0 Å². The Morgan fingerprint density at radius 1 is 0.458 bits per heavy atom. The highest BCUT2D eigenvalue weighted by atomic mass is 16.5. The normalized spacial score (nSPS) is 30.0. The number of hydrogen-bond acceptors (Lipinski definition) is 4. The van der Waals surface area contributed by atoms with Crippen molar-refractivity contribution in [2.24, 2.45) is 35.5 Å². The van der Waals surface area contributed by atoms with Gasteiger partial charge < -0.3 is 14.9 Å². The summed E-state index contributed by atoms with van der Waals surface area (Å²) in [6, 6.07) is 36.5. The van der Waals surface area contributed by atoms with Gasteiger partial charge in [-0.3, -0.25) is 0 Å². The smallest absolute Gasteiger partial charge is 0.343 e. The Balaban J connectivity index is 0.851. The van der Waals surface area contributed by atoms with Crippen molar-refractivity contribution in [2.45, 2.75) is 87.9 Å². The first-order valence-electron chi connectivity index (χ1n) is 22.2. The molecule has 0 spiro atoms. The molecule has 0 aliphatic heterocycles. The summed E-state index contributed by atoms with van der Waals surface area (Å²) in [5.41, 5.74) is 7.65. The van der Waals surface area contributed by atoms with Crippen molar-refractivity contribution >= 4 is 33.5 Å². The predicted octanol–water partition coefficient (Wildman–Crippen LogP) is 12.9. The second-order valence-corrected chi connectivity index (χ2v) is 20.1. The van der Waals surface area contributed by atoms with Gasteiger partial charge in [0.05, 0.1) is 11.1 Å². The van der Waals surface area contributed by atoms with E-state index in [4.69, 9.17) is 4.74 Å². The molecule has 8 aliphatic carbocycles. The van der Waals surface area contributed by atoms with Crippen LogP contribution in [0.4, 0.5) is 0 Å². The average Bonchev–Trinajstić information content (AvgIpc) is 3.22. The Kier molecular flexibility index (Phi) is 7.85. The summed E-state index contributed by atoms with van der Waals surface area (Å²) in [5, 5.41) is 24.7. The fourth-order valence-electron chi connectivity index (χ4n) is 14.5. The minimum absolute atomic E-state index is 0.00280. The van der Waals surface area contributed by atoms with Crippen LogP contribution in [0.3, 0.4) is 0 Å². The predicted molar refractivity (Wildman–Crippen MR) is 232 cm³/mol. The van der Waals surface area contributed by atoms with Crippen molar-refractivity contribution in [1.29, 1.82) is 0 Å². The van der Waals surface area contributed by atoms with Gasteiger partial charge in [-0.05, 0) is 228 Å². The fourth-order valence-corrected chi connectivity index (χ4v) is 14.5. The third-order valence-corrected chi connectivity index (χ3v) is 16.2. The van der Waals surface area contributed by atoms with Gasteiger partial charge in [-0.15, -0.1) is 0 Å². The van der Waals surface area contributed by atoms with Gasteiger partial charge in [-0.25, -0.2) is 9.59 Å². The van der Waals surface area contributed by atoms with E-state index in [9.17, 15) is 19.8 Å². The van der Waals surface area contributed by atoms with Crippen LogP contribution < -0.4 is 4.74 Å². The molecule has 5 heteroatoms. The monoisotopic (exact) mass is 778 g/mol. The molecule has 0 heterocycles. The van der Waals surface area contributed by atoms with Crippen molar-refractivity contribution in [3.05, 3.63) is 131 Å². The highest BCUT2D eigenvalue weighted by Gasteiger charge is 2.54. The second-order valence-electron chi connectivity index (χ2n) is 20.1. The van der Waals surface area contributed by atoms with Gasteiger partial charge in [0, 0.05) is 11.1 Å². The van der Waals surface area contributed by atoms with Gasteiger partial charge in [0.25, 0.3) is 0 Å². The third kappa shape index (κ3) is 5.93. The van der Waals surface area contributed by atoms with Crippen LogP contribution in [-0.2, 0) is 10.8 Å². The molecule has 59 heavy (non-hydrogen) atoms. The van der Waals surface area contributed by atoms with Crippen molar-refractivity contribution < 1.29 is 24.5 Å². The molecule has 6 aromatic rings.